The Morgan fingerprint density at radius 3 is 2.42 bits per heavy atom. The molecule has 4 fully saturated rings. The van der Waals surface area contributed by atoms with E-state index in [-0.39, 0.29) is 24.5 Å². The number of furan rings is 1. The highest BCUT2D eigenvalue weighted by atomic mass is 16.5. The molecule has 0 aliphatic heterocycles. The molecular formula is C28H40O8. The molecule has 5 rings (SSSR count). The topological polar surface area (TPSA) is 137 Å². The summed E-state index contributed by atoms with van der Waals surface area (Å²) in [6.45, 7) is 8.69. The molecule has 4 aliphatic rings. The zero-order valence-corrected chi connectivity index (χ0v) is 21.8. The van der Waals surface area contributed by atoms with Crippen molar-refractivity contribution in [2.75, 3.05) is 6.61 Å². The van der Waals surface area contributed by atoms with Crippen LogP contribution in [0.1, 0.15) is 71.8 Å². The van der Waals surface area contributed by atoms with Gasteiger partial charge in [0.05, 0.1) is 37.4 Å². The maximum atomic E-state index is 13.8. The number of esters is 1. The summed E-state index contributed by atoms with van der Waals surface area (Å²) in [4.78, 5) is 25.6. The van der Waals surface area contributed by atoms with Gasteiger partial charge in [-0.1, -0.05) is 27.7 Å². The average molecular weight is 505 g/mol. The standard InChI is InChI=1S/C28H40O8/c1-14(30)36-22-10-21(34)28(13-29)19(25(22,2)3)9-20(33)27(5)23-17(31)8-16(15-6-7-35-12-15)26(23,4)11-18(32)24(27)28/h6-7,12,16,18-24,29,32-34H,8-11,13H2,1-5H3/t16-,18-,19-,20+,21-,22+,23+,24-,26-,27-,28+/m0/s1. The van der Waals surface area contributed by atoms with Crippen molar-refractivity contribution in [2.24, 2.45) is 39.4 Å². The van der Waals surface area contributed by atoms with Crippen molar-refractivity contribution in [1.82, 2.24) is 0 Å². The van der Waals surface area contributed by atoms with Gasteiger partial charge in [0.25, 0.3) is 0 Å². The summed E-state index contributed by atoms with van der Waals surface area (Å²) >= 11 is 0. The molecule has 4 N–H and O–H groups in total. The van der Waals surface area contributed by atoms with Crippen LogP contribution < -0.4 is 0 Å². The zero-order valence-electron chi connectivity index (χ0n) is 21.8. The molecule has 0 amide bonds. The minimum Gasteiger partial charge on any atom is -0.472 e. The lowest BCUT2D eigenvalue weighted by molar-refractivity contribution is -0.311. The van der Waals surface area contributed by atoms with Gasteiger partial charge >= 0.3 is 5.97 Å². The van der Waals surface area contributed by atoms with Crippen LogP contribution in [-0.2, 0) is 14.3 Å². The zero-order chi connectivity index (χ0) is 26.4. The summed E-state index contributed by atoms with van der Waals surface area (Å²) in [7, 11) is 0. The lowest BCUT2D eigenvalue weighted by Gasteiger charge is -2.71. The lowest BCUT2D eigenvalue weighted by atomic mass is 9.34. The van der Waals surface area contributed by atoms with Crippen LogP contribution in [0.25, 0.3) is 0 Å². The van der Waals surface area contributed by atoms with Gasteiger partial charge in [0, 0.05) is 53.8 Å². The molecule has 1 aromatic rings. The van der Waals surface area contributed by atoms with Crippen LogP contribution in [0.3, 0.4) is 0 Å². The molecule has 8 heteroatoms. The van der Waals surface area contributed by atoms with Gasteiger partial charge in [0.1, 0.15) is 11.9 Å². The number of ether oxygens (including phenoxy) is 1. The van der Waals surface area contributed by atoms with Crippen molar-refractivity contribution in [2.45, 2.75) is 90.6 Å². The Bertz CT molecular complexity index is 1030. The Balaban J connectivity index is 1.65. The van der Waals surface area contributed by atoms with Gasteiger partial charge in [-0.05, 0) is 35.8 Å². The average Bonchev–Trinajstić information content (AvgIpc) is 3.39. The molecule has 1 heterocycles. The van der Waals surface area contributed by atoms with Gasteiger partial charge < -0.3 is 29.6 Å². The first kappa shape index (κ1) is 25.9. The fourth-order valence-electron chi connectivity index (χ4n) is 9.92. The molecule has 36 heavy (non-hydrogen) atoms. The van der Waals surface area contributed by atoms with E-state index in [1.54, 1.807) is 12.5 Å². The van der Waals surface area contributed by atoms with Gasteiger partial charge in [0.2, 0.25) is 0 Å². The Kier molecular flexibility index (Phi) is 5.85. The SMILES string of the molecule is CC(=O)O[C@@H]1C[C@H](O)[C@@]2(CO)[C@@H](C[C@@H](O)[C@@]3(C)[C@@H]4C(=O)C[C@@H](c5ccoc5)[C@]4(C)C[C@H](O)[C@@H]32)C1(C)C. The minimum absolute atomic E-state index is 0.0380. The fourth-order valence-corrected chi connectivity index (χ4v) is 9.92. The predicted molar refractivity (Wildman–Crippen MR) is 128 cm³/mol. The van der Waals surface area contributed by atoms with Crippen LogP contribution in [0.2, 0.25) is 0 Å². The number of fused-ring (bicyclic) bond motifs is 5. The smallest absolute Gasteiger partial charge is 0.302 e. The fraction of sp³-hybridized carbons (Fsp3) is 0.786. The first-order valence-corrected chi connectivity index (χ1v) is 13.1. The predicted octanol–water partition coefficient (Wildman–Crippen LogP) is 2.43. The summed E-state index contributed by atoms with van der Waals surface area (Å²) in [6.07, 6.45) is 0.571. The van der Waals surface area contributed by atoms with Gasteiger partial charge in [-0.3, -0.25) is 9.59 Å². The van der Waals surface area contributed by atoms with Crippen LogP contribution in [-0.4, -0.2) is 63.2 Å². The minimum atomic E-state index is -1.16. The van der Waals surface area contributed by atoms with Crippen LogP contribution in [0.4, 0.5) is 0 Å². The van der Waals surface area contributed by atoms with E-state index in [9.17, 15) is 30.0 Å². The molecule has 8 nitrogen and oxygen atoms in total. The number of carbonyl (C=O) groups excluding carboxylic acids is 2. The third-order valence-corrected chi connectivity index (χ3v) is 11.2. The molecule has 4 aliphatic carbocycles. The Morgan fingerprint density at radius 1 is 1.14 bits per heavy atom. The van der Waals surface area contributed by atoms with Crippen molar-refractivity contribution in [3.05, 3.63) is 24.2 Å². The van der Waals surface area contributed by atoms with Gasteiger partial charge in [-0.15, -0.1) is 0 Å². The number of hydrogen-bond acceptors (Lipinski definition) is 8. The molecular weight excluding hydrogens is 464 g/mol. The molecule has 1 aromatic heterocycles. The summed E-state index contributed by atoms with van der Waals surface area (Å²) in [5.41, 5.74) is -2.62. The molecule has 0 aromatic carbocycles. The summed E-state index contributed by atoms with van der Waals surface area (Å²) in [6, 6.07) is 1.86. The number of Topliss-reactive ketones (excluding diaryl/α,β-unsaturated/α-hetero) is 1. The molecule has 0 unspecified atom stereocenters. The van der Waals surface area contributed by atoms with Crippen molar-refractivity contribution in [1.29, 1.82) is 0 Å². The lowest BCUT2D eigenvalue weighted by Crippen LogP contribution is -2.75. The number of rotatable bonds is 3. The van der Waals surface area contributed by atoms with Gasteiger partial charge in [-0.25, -0.2) is 0 Å². The van der Waals surface area contributed by atoms with Gasteiger partial charge in [-0.2, -0.15) is 0 Å². The Morgan fingerprint density at radius 2 is 1.83 bits per heavy atom. The second kappa shape index (κ2) is 8.13. The Hall–Kier alpha value is -1.74. The van der Waals surface area contributed by atoms with Crippen molar-refractivity contribution in [3.8, 4) is 0 Å². The molecule has 0 bridgehead atoms. The van der Waals surface area contributed by atoms with Gasteiger partial charge in [0.15, 0.2) is 0 Å². The Labute approximate surface area is 212 Å². The van der Waals surface area contributed by atoms with Crippen molar-refractivity contribution in [3.63, 3.8) is 0 Å². The van der Waals surface area contributed by atoms with Crippen LogP contribution >= 0.6 is 0 Å². The molecule has 0 radical (unpaired) electrons. The molecule has 0 spiro atoms. The van der Waals surface area contributed by atoms with E-state index >= 15 is 0 Å². The van der Waals surface area contributed by atoms with E-state index in [4.69, 9.17) is 9.15 Å². The number of hydrogen-bond donors (Lipinski definition) is 4. The quantitative estimate of drug-likeness (QED) is 0.461. The molecule has 4 saturated carbocycles. The van der Waals surface area contributed by atoms with E-state index in [1.807, 2.05) is 33.8 Å². The normalized spacial score (nSPS) is 49.6. The largest absolute Gasteiger partial charge is 0.472 e. The van der Waals surface area contributed by atoms with E-state index in [2.05, 4.69) is 0 Å². The van der Waals surface area contributed by atoms with E-state index in [0.29, 0.717) is 12.8 Å². The first-order valence-electron chi connectivity index (χ1n) is 13.1. The van der Waals surface area contributed by atoms with Crippen LogP contribution in [0, 0.1) is 39.4 Å². The molecule has 0 saturated heterocycles. The number of carbonyl (C=O) groups is 2. The molecule has 11 atom stereocenters. The number of aliphatic hydroxyl groups is 4. The highest BCUT2D eigenvalue weighted by molar-refractivity contribution is 5.87. The summed E-state index contributed by atoms with van der Waals surface area (Å²) in [5, 5.41) is 46.4. The van der Waals surface area contributed by atoms with E-state index in [0.717, 1.165) is 5.56 Å². The number of ketones is 1. The number of aliphatic hydroxyl groups excluding tert-OH is 4. The summed E-state index contributed by atoms with van der Waals surface area (Å²) in [5.74, 6) is -2.29. The van der Waals surface area contributed by atoms with Crippen molar-refractivity contribution >= 4 is 11.8 Å². The first-order chi connectivity index (χ1) is 16.8. The second-order valence-corrected chi connectivity index (χ2v) is 13.1. The third kappa shape index (κ3) is 3.07. The van der Waals surface area contributed by atoms with E-state index < -0.39 is 76.4 Å². The maximum Gasteiger partial charge on any atom is 0.302 e. The van der Waals surface area contributed by atoms with Crippen molar-refractivity contribution < 1.29 is 39.2 Å². The highest BCUT2D eigenvalue weighted by Gasteiger charge is 2.77. The second-order valence-electron chi connectivity index (χ2n) is 13.1. The van der Waals surface area contributed by atoms with E-state index in [1.165, 1.54) is 6.92 Å². The third-order valence-electron chi connectivity index (χ3n) is 11.2. The molecule has 200 valence electrons. The maximum absolute atomic E-state index is 13.8. The highest BCUT2D eigenvalue weighted by Crippen LogP contribution is 2.74. The van der Waals surface area contributed by atoms with Crippen LogP contribution in [0.5, 0.6) is 0 Å². The summed E-state index contributed by atoms with van der Waals surface area (Å²) < 4.78 is 10.9. The monoisotopic (exact) mass is 504 g/mol. The van der Waals surface area contributed by atoms with Crippen LogP contribution in [0.15, 0.2) is 23.0 Å².